The van der Waals surface area contributed by atoms with Gasteiger partial charge in [-0.05, 0) is 45.1 Å². The van der Waals surface area contributed by atoms with Crippen LogP contribution in [0.15, 0.2) is 36.5 Å². The van der Waals surface area contributed by atoms with E-state index in [-0.39, 0.29) is 0 Å². The number of aromatic nitrogens is 4. The molecule has 0 atom stereocenters. The molecular formula is C22H29N7S. The van der Waals surface area contributed by atoms with Gasteiger partial charge in [0.15, 0.2) is 5.11 Å². The standard InChI is InChI=1S/C22H29N7S/c1-16-20(17(2)29(25-16)19-8-6-5-7-9-19)15-27-10-12-28(13-11-27)22(30)24-21-14-23-26(4)18(21)3/h5-9,14H,10-13,15H2,1-4H3,(H,24,30). The number of hydrogen-bond donors (Lipinski definition) is 1. The van der Waals surface area contributed by atoms with Gasteiger partial charge in [-0.1, -0.05) is 18.2 Å². The first-order valence-corrected chi connectivity index (χ1v) is 10.7. The highest BCUT2D eigenvalue weighted by atomic mass is 32.1. The van der Waals surface area contributed by atoms with Gasteiger partial charge in [-0.2, -0.15) is 10.2 Å². The maximum atomic E-state index is 5.64. The fourth-order valence-electron chi connectivity index (χ4n) is 3.87. The lowest BCUT2D eigenvalue weighted by atomic mass is 10.1. The highest BCUT2D eigenvalue weighted by molar-refractivity contribution is 7.80. The molecule has 7 nitrogen and oxygen atoms in total. The van der Waals surface area contributed by atoms with Gasteiger partial charge in [-0.3, -0.25) is 9.58 Å². The van der Waals surface area contributed by atoms with E-state index in [1.807, 2.05) is 30.9 Å². The lowest BCUT2D eigenvalue weighted by Gasteiger charge is -2.36. The molecule has 2 aromatic heterocycles. The lowest BCUT2D eigenvalue weighted by Crippen LogP contribution is -2.49. The van der Waals surface area contributed by atoms with Crippen LogP contribution in [0.25, 0.3) is 5.69 Å². The third-order valence-electron chi connectivity index (χ3n) is 5.96. The predicted molar refractivity (Wildman–Crippen MR) is 124 cm³/mol. The second kappa shape index (κ2) is 8.57. The molecule has 30 heavy (non-hydrogen) atoms. The zero-order chi connectivity index (χ0) is 21.3. The molecule has 8 heteroatoms. The van der Waals surface area contributed by atoms with E-state index in [0.717, 1.165) is 60.6 Å². The summed E-state index contributed by atoms with van der Waals surface area (Å²) in [5.41, 5.74) is 6.80. The van der Waals surface area contributed by atoms with E-state index in [0.29, 0.717) is 0 Å². The maximum Gasteiger partial charge on any atom is 0.173 e. The lowest BCUT2D eigenvalue weighted by molar-refractivity contribution is 0.176. The molecule has 0 saturated carbocycles. The Bertz CT molecular complexity index is 1030. The Hall–Kier alpha value is -2.71. The Labute approximate surface area is 183 Å². The number of para-hydroxylation sites is 1. The van der Waals surface area contributed by atoms with Gasteiger partial charge in [0.05, 0.1) is 29.0 Å². The molecule has 4 rings (SSSR count). The Morgan fingerprint density at radius 1 is 1.03 bits per heavy atom. The average molecular weight is 424 g/mol. The maximum absolute atomic E-state index is 5.64. The van der Waals surface area contributed by atoms with Crippen LogP contribution >= 0.6 is 12.2 Å². The quantitative estimate of drug-likeness (QED) is 0.651. The van der Waals surface area contributed by atoms with Gasteiger partial charge in [0.25, 0.3) is 0 Å². The van der Waals surface area contributed by atoms with Gasteiger partial charge in [0, 0.05) is 51.0 Å². The summed E-state index contributed by atoms with van der Waals surface area (Å²) in [6, 6.07) is 10.3. The SMILES string of the molecule is Cc1nn(-c2ccccc2)c(C)c1CN1CCN(C(=S)Nc2cnn(C)c2C)CC1. The van der Waals surface area contributed by atoms with E-state index in [1.165, 1.54) is 11.3 Å². The van der Waals surface area contributed by atoms with E-state index in [2.05, 4.69) is 63.0 Å². The molecule has 0 spiro atoms. The number of hydrogen-bond acceptors (Lipinski definition) is 4. The van der Waals surface area contributed by atoms with Gasteiger partial charge in [-0.25, -0.2) is 4.68 Å². The Balaban J connectivity index is 1.37. The molecular weight excluding hydrogens is 394 g/mol. The number of nitrogens with one attached hydrogen (secondary N) is 1. The number of thiocarbonyl (C=S) groups is 1. The number of nitrogens with zero attached hydrogens (tertiary/aromatic N) is 6. The molecule has 0 unspecified atom stereocenters. The van der Waals surface area contributed by atoms with Crippen molar-refractivity contribution < 1.29 is 0 Å². The summed E-state index contributed by atoms with van der Waals surface area (Å²) >= 11 is 5.64. The number of anilines is 1. The van der Waals surface area contributed by atoms with Gasteiger partial charge in [0.1, 0.15) is 0 Å². The molecule has 1 aliphatic heterocycles. The molecule has 1 aliphatic rings. The van der Waals surface area contributed by atoms with Crippen molar-refractivity contribution in [3.8, 4) is 5.69 Å². The molecule has 0 bridgehead atoms. The second-order valence-corrected chi connectivity index (χ2v) is 8.24. The summed E-state index contributed by atoms with van der Waals surface area (Å²) in [7, 11) is 1.94. The third kappa shape index (κ3) is 4.11. The first kappa shape index (κ1) is 20.6. The van der Waals surface area contributed by atoms with Crippen LogP contribution in [0.5, 0.6) is 0 Å². The van der Waals surface area contributed by atoms with E-state index in [9.17, 15) is 0 Å². The van der Waals surface area contributed by atoms with Gasteiger partial charge in [-0.15, -0.1) is 0 Å². The highest BCUT2D eigenvalue weighted by Crippen LogP contribution is 2.20. The minimum Gasteiger partial charge on any atom is -0.346 e. The number of benzene rings is 1. The Kier molecular flexibility index (Phi) is 5.87. The monoisotopic (exact) mass is 423 g/mol. The minimum atomic E-state index is 0.773. The zero-order valence-electron chi connectivity index (χ0n) is 18.1. The fourth-order valence-corrected chi connectivity index (χ4v) is 4.17. The molecule has 0 radical (unpaired) electrons. The van der Waals surface area contributed by atoms with Crippen molar-refractivity contribution in [2.45, 2.75) is 27.3 Å². The normalized spacial score (nSPS) is 14.9. The smallest absolute Gasteiger partial charge is 0.173 e. The molecule has 1 aromatic carbocycles. The first-order chi connectivity index (χ1) is 14.4. The third-order valence-corrected chi connectivity index (χ3v) is 6.32. The van der Waals surface area contributed by atoms with Crippen molar-refractivity contribution in [1.29, 1.82) is 0 Å². The molecule has 3 aromatic rings. The molecule has 158 valence electrons. The second-order valence-electron chi connectivity index (χ2n) is 7.86. The van der Waals surface area contributed by atoms with Crippen LogP contribution in [0.3, 0.4) is 0 Å². The molecule has 1 fully saturated rings. The van der Waals surface area contributed by atoms with Crippen molar-refractivity contribution in [3.63, 3.8) is 0 Å². The van der Waals surface area contributed by atoms with Crippen molar-refractivity contribution in [1.82, 2.24) is 29.4 Å². The summed E-state index contributed by atoms with van der Waals surface area (Å²) in [5, 5.41) is 13.2. The zero-order valence-corrected chi connectivity index (χ0v) is 18.9. The summed E-state index contributed by atoms with van der Waals surface area (Å²) in [6.07, 6.45) is 1.83. The van der Waals surface area contributed by atoms with Gasteiger partial charge >= 0.3 is 0 Å². The van der Waals surface area contributed by atoms with Crippen molar-refractivity contribution in [3.05, 3.63) is 59.2 Å². The summed E-state index contributed by atoms with van der Waals surface area (Å²) in [5.74, 6) is 0. The predicted octanol–water partition coefficient (Wildman–Crippen LogP) is 3.05. The van der Waals surface area contributed by atoms with Crippen LogP contribution in [0.1, 0.15) is 22.6 Å². The minimum absolute atomic E-state index is 0.773. The van der Waals surface area contributed by atoms with Gasteiger partial charge in [0.2, 0.25) is 0 Å². The first-order valence-electron chi connectivity index (χ1n) is 10.3. The fraction of sp³-hybridized carbons (Fsp3) is 0.409. The Morgan fingerprint density at radius 2 is 1.73 bits per heavy atom. The topological polar surface area (TPSA) is 54.2 Å². The van der Waals surface area contributed by atoms with Crippen LogP contribution in [-0.4, -0.2) is 60.7 Å². The summed E-state index contributed by atoms with van der Waals surface area (Å²) in [6.45, 7) is 11.0. The summed E-state index contributed by atoms with van der Waals surface area (Å²) < 4.78 is 3.90. The Morgan fingerprint density at radius 3 is 2.37 bits per heavy atom. The van der Waals surface area contributed by atoms with Crippen LogP contribution in [0.4, 0.5) is 5.69 Å². The van der Waals surface area contributed by atoms with Crippen LogP contribution in [0, 0.1) is 20.8 Å². The molecule has 3 heterocycles. The van der Waals surface area contributed by atoms with Crippen LogP contribution < -0.4 is 5.32 Å². The molecule has 1 N–H and O–H groups in total. The van der Waals surface area contributed by atoms with Crippen molar-refractivity contribution in [2.75, 3.05) is 31.5 Å². The van der Waals surface area contributed by atoms with E-state index >= 15 is 0 Å². The van der Waals surface area contributed by atoms with Crippen molar-refractivity contribution in [2.24, 2.45) is 7.05 Å². The highest BCUT2D eigenvalue weighted by Gasteiger charge is 2.22. The largest absolute Gasteiger partial charge is 0.346 e. The van der Waals surface area contributed by atoms with Gasteiger partial charge < -0.3 is 10.2 Å². The van der Waals surface area contributed by atoms with Crippen LogP contribution in [0.2, 0.25) is 0 Å². The molecule has 1 saturated heterocycles. The van der Waals surface area contributed by atoms with E-state index < -0.39 is 0 Å². The number of rotatable bonds is 4. The van der Waals surface area contributed by atoms with Crippen molar-refractivity contribution >= 4 is 23.0 Å². The summed E-state index contributed by atoms with van der Waals surface area (Å²) in [4.78, 5) is 4.73. The van der Waals surface area contributed by atoms with E-state index in [1.54, 1.807) is 0 Å². The number of piperazine rings is 1. The average Bonchev–Trinajstić information content (AvgIpc) is 3.22. The van der Waals surface area contributed by atoms with E-state index in [4.69, 9.17) is 17.3 Å². The molecule has 0 amide bonds. The van der Waals surface area contributed by atoms with Crippen LogP contribution in [-0.2, 0) is 13.6 Å². The number of aryl methyl sites for hydroxylation is 2. The molecule has 0 aliphatic carbocycles.